The molecular weight excluding hydrogens is 306 g/mol. The number of hydrogen-bond acceptors (Lipinski definition) is 2. The molecule has 25 heavy (non-hydrogen) atoms. The van der Waals surface area contributed by atoms with Crippen molar-refractivity contribution in [1.29, 1.82) is 0 Å². The lowest BCUT2D eigenvalue weighted by Crippen LogP contribution is -2.56. The van der Waals surface area contributed by atoms with Gasteiger partial charge < -0.3 is 15.2 Å². The van der Waals surface area contributed by atoms with Gasteiger partial charge in [-0.25, -0.2) is 0 Å². The predicted octanol–water partition coefficient (Wildman–Crippen LogP) is 4.57. The molecule has 1 aliphatic carbocycles. The molecule has 1 aromatic heterocycles. The number of para-hydroxylation sites is 1. The fourth-order valence-electron chi connectivity index (χ4n) is 5.38. The van der Waals surface area contributed by atoms with Crippen LogP contribution in [-0.4, -0.2) is 36.1 Å². The summed E-state index contributed by atoms with van der Waals surface area (Å²) >= 11 is 0. The van der Waals surface area contributed by atoms with E-state index in [4.69, 9.17) is 0 Å². The molecule has 1 fully saturated rings. The van der Waals surface area contributed by atoms with Crippen LogP contribution in [0.5, 0.6) is 0 Å². The average Bonchev–Trinajstić information content (AvgIpc) is 3.02. The number of hydrogen-bond donors (Lipinski definition) is 2. The van der Waals surface area contributed by atoms with Gasteiger partial charge in [0.15, 0.2) is 0 Å². The first kappa shape index (κ1) is 17.1. The van der Waals surface area contributed by atoms with Crippen LogP contribution in [-0.2, 0) is 12.0 Å². The molecule has 1 saturated carbocycles. The van der Waals surface area contributed by atoms with Gasteiger partial charge in [0.1, 0.15) is 0 Å². The second kappa shape index (κ2) is 6.44. The highest BCUT2D eigenvalue weighted by Crippen LogP contribution is 2.48. The van der Waals surface area contributed by atoms with Gasteiger partial charge >= 0.3 is 0 Å². The molecule has 0 amide bonds. The number of aromatic amines is 1. The number of aromatic nitrogens is 1. The van der Waals surface area contributed by atoms with E-state index in [9.17, 15) is 0 Å². The molecule has 136 valence electrons. The molecule has 2 N–H and O–H groups in total. The lowest BCUT2D eigenvalue weighted by atomic mass is 9.67. The number of H-pyrrole nitrogens is 1. The molecule has 1 aromatic carbocycles. The SMILES string of the molecule is CCCCC1(N(C)C)CCC2(CC1)NCCc1c2[nH]c2ccccc12. The van der Waals surface area contributed by atoms with Gasteiger partial charge in [0, 0.05) is 28.7 Å². The summed E-state index contributed by atoms with van der Waals surface area (Å²) in [6, 6.07) is 8.84. The first-order valence-electron chi connectivity index (χ1n) is 10.1. The average molecular weight is 340 g/mol. The quantitative estimate of drug-likeness (QED) is 0.855. The minimum absolute atomic E-state index is 0.165. The lowest BCUT2D eigenvalue weighted by Gasteiger charge is -2.51. The zero-order chi connectivity index (χ0) is 17.5. The van der Waals surface area contributed by atoms with Crippen molar-refractivity contribution in [3.05, 3.63) is 35.5 Å². The van der Waals surface area contributed by atoms with E-state index >= 15 is 0 Å². The topological polar surface area (TPSA) is 31.1 Å². The summed E-state index contributed by atoms with van der Waals surface area (Å²) in [5, 5.41) is 5.37. The van der Waals surface area contributed by atoms with Crippen LogP contribution in [0.1, 0.15) is 63.1 Å². The van der Waals surface area contributed by atoms with E-state index in [0.717, 1.165) is 13.0 Å². The van der Waals surface area contributed by atoms with E-state index in [0.29, 0.717) is 5.54 Å². The van der Waals surface area contributed by atoms with Crippen molar-refractivity contribution in [2.45, 2.75) is 69.4 Å². The molecule has 0 saturated heterocycles. The number of fused-ring (bicyclic) bond motifs is 4. The van der Waals surface area contributed by atoms with Crippen LogP contribution in [0.3, 0.4) is 0 Å². The molecule has 1 spiro atoms. The van der Waals surface area contributed by atoms with E-state index in [1.54, 1.807) is 5.56 Å². The third kappa shape index (κ3) is 2.72. The Bertz CT molecular complexity index is 735. The van der Waals surface area contributed by atoms with Crippen LogP contribution in [0.2, 0.25) is 0 Å². The first-order chi connectivity index (χ1) is 12.1. The van der Waals surface area contributed by atoms with E-state index in [-0.39, 0.29) is 5.54 Å². The molecule has 2 heterocycles. The minimum Gasteiger partial charge on any atom is -0.357 e. The molecular formula is C22H33N3. The fourth-order valence-corrected chi connectivity index (χ4v) is 5.38. The third-order valence-electron chi connectivity index (χ3n) is 7.11. The van der Waals surface area contributed by atoms with Crippen LogP contribution in [0.25, 0.3) is 10.9 Å². The standard InChI is InChI=1S/C22H33N3/c1-4-5-11-21(25(2)3)12-14-22(15-13-21)20-18(10-16-23-22)17-8-6-7-9-19(17)24-20/h6-9,23-24H,4-5,10-16H2,1-3H3. The summed E-state index contributed by atoms with van der Waals surface area (Å²) in [7, 11) is 4.58. The molecule has 0 bridgehead atoms. The number of benzene rings is 1. The third-order valence-corrected chi connectivity index (χ3v) is 7.11. The molecule has 4 rings (SSSR count). The summed E-state index contributed by atoms with van der Waals surface area (Å²) < 4.78 is 0. The van der Waals surface area contributed by atoms with Gasteiger partial charge in [-0.1, -0.05) is 38.0 Å². The second-order valence-corrected chi connectivity index (χ2v) is 8.51. The Morgan fingerprint density at radius 3 is 2.56 bits per heavy atom. The summed E-state index contributed by atoms with van der Waals surface area (Å²) in [5.41, 5.74) is 4.93. The number of unbranched alkanes of at least 4 members (excludes halogenated alkanes) is 1. The normalized spacial score (nSPS) is 29.4. The Kier molecular flexibility index (Phi) is 4.41. The summed E-state index contributed by atoms with van der Waals surface area (Å²) in [6.45, 7) is 3.42. The fraction of sp³-hybridized carbons (Fsp3) is 0.636. The highest BCUT2D eigenvalue weighted by Gasteiger charge is 2.47. The van der Waals surface area contributed by atoms with Crippen LogP contribution in [0.4, 0.5) is 0 Å². The van der Waals surface area contributed by atoms with E-state index < -0.39 is 0 Å². The summed E-state index contributed by atoms with van der Waals surface area (Å²) in [6.07, 6.45) is 10.2. The Morgan fingerprint density at radius 1 is 1.08 bits per heavy atom. The van der Waals surface area contributed by atoms with Gasteiger partial charge in [0.25, 0.3) is 0 Å². The van der Waals surface area contributed by atoms with Crippen LogP contribution in [0, 0.1) is 0 Å². The monoisotopic (exact) mass is 339 g/mol. The molecule has 2 aromatic rings. The maximum absolute atomic E-state index is 3.93. The summed E-state index contributed by atoms with van der Waals surface area (Å²) in [5.74, 6) is 0. The van der Waals surface area contributed by atoms with Crippen LogP contribution < -0.4 is 5.32 Å². The van der Waals surface area contributed by atoms with Crippen molar-refractivity contribution in [3.63, 3.8) is 0 Å². The molecule has 3 heteroatoms. The maximum Gasteiger partial charge on any atom is 0.0591 e. The van der Waals surface area contributed by atoms with Crippen molar-refractivity contribution in [3.8, 4) is 0 Å². The zero-order valence-electron chi connectivity index (χ0n) is 16.1. The zero-order valence-corrected chi connectivity index (χ0v) is 16.1. The van der Waals surface area contributed by atoms with Gasteiger partial charge in [0.2, 0.25) is 0 Å². The van der Waals surface area contributed by atoms with Gasteiger partial charge in [-0.05, 0) is 64.3 Å². The smallest absolute Gasteiger partial charge is 0.0591 e. The van der Waals surface area contributed by atoms with Crippen molar-refractivity contribution < 1.29 is 0 Å². The van der Waals surface area contributed by atoms with E-state index in [1.165, 1.54) is 61.5 Å². The Balaban J connectivity index is 1.65. The highest BCUT2D eigenvalue weighted by molar-refractivity contribution is 5.85. The minimum atomic E-state index is 0.165. The maximum atomic E-state index is 3.93. The largest absolute Gasteiger partial charge is 0.357 e. The molecule has 1 aliphatic heterocycles. The van der Waals surface area contributed by atoms with Gasteiger partial charge in [-0.15, -0.1) is 0 Å². The first-order valence-corrected chi connectivity index (χ1v) is 10.1. The molecule has 0 unspecified atom stereocenters. The van der Waals surface area contributed by atoms with E-state index in [1.807, 2.05) is 0 Å². The number of rotatable bonds is 4. The Hall–Kier alpha value is -1.32. The van der Waals surface area contributed by atoms with E-state index in [2.05, 4.69) is 60.5 Å². The highest BCUT2D eigenvalue weighted by atomic mass is 15.2. The molecule has 3 nitrogen and oxygen atoms in total. The lowest BCUT2D eigenvalue weighted by molar-refractivity contribution is 0.0434. The molecule has 0 atom stereocenters. The molecule has 2 aliphatic rings. The second-order valence-electron chi connectivity index (χ2n) is 8.51. The number of nitrogens with zero attached hydrogens (tertiary/aromatic N) is 1. The number of nitrogens with one attached hydrogen (secondary N) is 2. The van der Waals surface area contributed by atoms with Gasteiger partial charge in [0.05, 0.1) is 5.54 Å². The van der Waals surface area contributed by atoms with Crippen LogP contribution >= 0.6 is 0 Å². The van der Waals surface area contributed by atoms with Gasteiger partial charge in [-0.3, -0.25) is 0 Å². The van der Waals surface area contributed by atoms with Crippen molar-refractivity contribution >= 4 is 10.9 Å². The van der Waals surface area contributed by atoms with Crippen molar-refractivity contribution in [2.75, 3.05) is 20.6 Å². The van der Waals surface area contributed by atoms with Gasteiger partial charge in [-0.2, -0.15) is 0 Å². The summed E-state index contributed by atoms with van der Waals surface area (Å²) in [4.78, 5) is 6.32. The Morgan fingerprint density at radius 2 is 1.84 bits per heavy atom. The van der Waals surface area contributed by atoms with Crippen LogP contribution in [0.15, 0.2) is 24.3 Å². The van der Waals surface area contributed by atoms with Crippen molar-refractivity contribution in [2.24, 2.45) is 0 Å². The van der Waals surface area contributed by atoms with Crippen molar-refractivity contribution in [1.82, 2.24) is 15.2 Å². The molecule has 0 radical (unpaired) electrons. The predicted molar refractivity (Wildman–Crippen MR) is 106 cm³/mol. The Labute approximate surface area is 152 Å².